The lowest BCUT2D eigenvalue weighted by molar-refractivity contribution is -0.387. The number of carbonyl (C=O) groups is 1. The molecule has 0 radical (unpaired) electrons. The molecule has 6 nitrogen and oxygen atoms in total. The van der Waals surface area contributed by atoms with Gasteiger partial charge in [0.15, 0.2) is 0 Å². The molecule has 0 spiro atoms. The number of nitrogens with one attached hydrogen (secondary N) is 1. The van der Waals surface area contributed by atoms with Gasteiger partial charge in [0.2, 0.25) is 0 Å². The number of benzene rings is 3. The summed E-state index contributed by atoms with van der Waals surface area (Å²) in [5.41, 5.74) is 3.57. The normalized spacial score (nSPS) is 23.9. The van der Waals surface area contributed by atoms with E-state index < -0.39 is 0 Å². The number of alkyl halides is 1. The van der Waals surface area contributed by atoms with Crippen molar-refractivity contribution in [3.05, 3.63) is 98.6 Å². The molecule has 0 bridgehead atoms. The SMILES string of the molecule is CC(C)COC(=O)c1ccc2c(c1)C1C(Cl)C(Sc3ccccc3[N+](=O)[O-])CC1C(c1ccc(Cl)cc1)N2. The van der Waals surface area contributed by atoms with Crippen molar-refractivity contribution in [3.8, 4) is 0 Å². The highest BCUT2D eigenvalue weighted by Gasteiger charge is 2.50. The summed E-state index contributed by atoms with van der Waals surface area (Å²) in [6.07, 6.45) is 0.747. The van der Waals surface area contributed by atoms with Crippen LogP contribution in [0.15, 0.2) is 71.6 Å². The predicted octanol–water partition coefficient (Wildman–Crippen LogP) is 8.10. The first-order chi connectivity index (χ1) is 18.2. The van der Waals surface area contributed by atoms with Gasteiger partial charge >= 0.3 is 5.97 Å². The van der Waals surface area contributed by atoms with Gasteiger partial charge in [0.05, 0.1) is 33.4 Å². The van der Waals surface area contributed by atoms with Crippen molar-refractivity contribution < 1.29 is 14.5 Å². The molecular weight excluding hydrogens is 543 g/mol. The average molecular weight is 572 g/mol. The van der Waals surface area contributed by atoms with Gasteiger partial charge in [-0.2, -0.15) is 0 Å². The Bertz CT molecular complexity index is 1350. The number of anilines is 1. The first kappa shape index (κ1) is 26.9. The molecule has 0 saturated heterocycles. The van der Waals surface area contributed by atoms with E-state index in [1.165, 1.54) is 17.8 Å². The van der Waals surface area contributed by atoms with Gasteiger partial charge in [0.1, 0.15) is 0 Å². The van der Waals surface area contributed by atoms with E-state index in [1.54, 1.807) is 18.2 Å². The van der Waals surface area contributed by atoms with Crippen LogP contribution in [-0.4, -0.2) is 28.1 Å². The lowest BCUT2D eigenvalue weighted by Gasteiger charge is -2.38. The van der Waals surface area contributed by atoms with E-state index in [2.05, 4.69) is 5.32 Å². The van der Waals surface area contributed by atoms with E-state index in [9.17, 15) is 14.9 Å². The maximum absolute atomic E-state index is 12.8. The summed E-state index contributed by atoms with van der Waals surface area (Å²) in [5, 5.41) is 15.6. The topological polar surface area (TPSA) is 81.5 Å². The maximum atomic E-state index is 12.8. The maximum Gasteiger partial charge on any atom is 0.338 e. The fraction of sp³-hybridized carbons (Fsp3) is 0.345. The number of ether oxygens (including phenoxy) is 1. The van der Waals surface area contributed by atoms with Gasteiger partial charge in [-0.15, -0.1) is 23.4 Å². The summed E-state index contributed by atoms with van der Waals surface area (Å²) in [5.74, 6) is -0.0717. The third-order valence-corrected chi connectivity index (χ3v) is 9.53. The highest BCUT2D eigenvalue weighted by molar-refractivity contribution is 8.00. The van der Waals surface area contributed by atoms with Gasteiger partial charge < -0.3 is 10.1 Å². The molecule has 9 heteroatoms. The van der Waals surface area contributed by atoms with Crippen molar-refractivity contribution in [2.24, 2.45) is 11.8 Å². The van der Waals surface area contributed by atoms with E-state index in [4.69, 9.17) is 27.9 Å². The second-order valence-electron chi connectivity index (χ2n) is 10.2. The van der Waals surface area contributed by atoms with Crippen LogP contribution in [0.3, 0.4) is 0 Å². The predicted molar refractivity (Wildman–Crippen MR) is 153 cm³/mol. The molecule has 1 aliphatic carbocycles. The number of halogens is 2. The zero-order valence-corrected chi connectivity index (χ0v) is 23.3. The molecule has 1 aliphatic heterocycles. The molecule has 5 unspecified atom stereocenters. The molecular formula is C29H28Cl2N2O4S. The van der Waals surface area contributed by atoms with Crippen LogP contribution in [0.2, 0.25) is 5.02 Å². The van der Waals surface area contributed by atoms with Gasteiger partial charge in [-0.05, 0) is 65.8 Å². The number of nitrogens with zero attached hydrogens (tertiary/aromatic N) is 1. The number of hydrogen-bond donors (Lipinski definition) is 1. The second kappa shape index (κ2) is 11.2. The summed E-state index contributed by atoms with van der Waals surface area (Å²) >= 11 is 14.8. The lowest BCUT2D eigenvalue weighted by Crippen LogP contribution is -2.31. The molecule has 0 aromatic heterocycles. The summed E-state index contributed by atoms with van der Waals surface area (Å²) < 4.78 is 5.48. The van der Waals surface area contributed by atoms with Crippen molar-refractivity contribution >= 4 is 52.3 Å². The number of carbonyl (C=O) groups excluding carboxylic acids is 1. The Morgan fingerprint density at radius 3 is 2.61 bits per heavy atom. The molecule has 3 aromatic rings. The molecule has 1 heterocycles. The number of thioether (sulfide) groups is 1. The number of hydrogen-bond acceptors (Lipinski definition) is 6. The average Bonchev–Trinajstić information content (AvgIpc) is 3.23. The number of fused-ring (bicyclic) bond motifs is 3. The van der Waals surface area contributed by atoms with Crippen molar-refractivity contribution in [1.82, 2.24) is 0 Å². The van der Waals surface area contributed by atoms with Gasteiger partial charge in [0.25, 0.3) is 5.69 Å². The Labute approximate surface area is 236 Å². The number of esters is 1. The number of nitro benzene ring substituents is 1. The van der Waals surface area contributed by atoms with E-state index in [0.717, 1.165) is 23.2 Å². The zero-order valence-electron chi connectivity index (χ0n) is 21.0. The van der Waals surface area contributed by atoms with Crippen molar-refractivity contribution in [2.45, 2.75) is 47.8 Å². The minimum absolute atomic E-state index is 0.0267. The Morgan fingerprint density at radius 1 is 1.16 bits per heavy atom. The van der Waals surface area contributed by atoms with Gasteiger partial charge in [0, 0.05) is 27.9 Å². The van der Waals surface area contributed by atoms with Crippen LogP contribution >= 0.6 is 35.0 Å². The fourth-order valence-corrected chi connectivity index (χ4v) is 7.51. The van der Waals surface area contributed by atoms with Crippen LogP contribution in [0.4, 0.5) is 11.4 Å². The van der Waals surface area contributed by atoms with Crippen LogP contribution in [0.25, 0.3) is 0 Å². The molecule has 3 aromatic carbocycles. The molecule has 5 atom stereocenters. The van der Waals surface area contributed by atoms with Crippen molar-refractivity contribution in [2.75, 3.05) is 11.9 Å². The van der Waals surface area contributed by atoms with Gasteiger partial charge in [-0.25, -0.2) is 4.79 Å². The highest BCUT2D eigenvalue weighted by Crippen LogP contribution is 2.58. The smallest absolute Gasteiger partial charge is 0.338 e. The van der Waals surface area contributed by atoms with E-state index in [1.807, 2.05) is 56.3 Å². The molecule has 1 N–H and O–H groups in total. The molecule has 1 fully saturated rings. The molecule has 2 aliphatic rings. The summed E-state index contributed by atoms with van der Waals surface area (Å²) in [6.45, 7) is 4.35. The van der Waals surface area contributed by atoms with Crippen molar-refractivity contribution in [1.29, 1.82) is 0 Å². The van der Waals surface area contributed by atoms with Gasteiger partial charge in [-0.3, -0.25) is 10.1 Å². The van der Waals surface area contributed by atoms with Gasteiger partial charge in [-0.1, -0.05) is 49.7 Å². The zero-order chi connectivity index (χ0) is 27.0. The van der Waals surface area contributed by atoms with Crippen LogP contribution in [0, 0.1) is 22.0 Å². The molecule has 1 saturated carbocycles. The van der Waals surface area contributed by atoms with Crippen LogP contribution in [0.5, 0.6) is 0 Å². The Kier molecular flexibility index (Phi) is 7.89. The fourth-order valence-electron chi connectivity index (χ4n) is 5.44. The standard InChI is InChI=1S/C29H28Cl2N2O4S/c1-16(2)15-37-29(34)18-9-12-22-20(13-18)26-21(28(32-22)17-7-10-19(30)11-8-17)14-25(27(26)31)38-24-6-4-3-5-23(24)33(35)36/h3-13,16,21,25-28,32H,14-15H2,1-2H3. The van der Waals surface area contributed by atoms with Crippen LogP contribution in [0.1, 0.15) is 53.7 Å². The molecule has 38 heavy (non-hydrogen) atoms. The summed E-state index contributed by atoms with van der Waals surface area (Å²) in [7, 11) is 0. The Hall–Kier alpha value is -2.74. The minimum atomic E-state index is -0.354. The van der Waals surface area contributed by atoms with E-state index >= 15 is 0 Å². The third-order valence-electron chi connectivity index (χ3n) is 7.17. The monoisotopic (exact) mass is 570 g/mol. The first-order valence-electron chi connectivity index (χ1n) is 12.6. The molecule has 0 amide bonds. The molecule has 5 rings (SSSR count). The van der Waals surface area contributed by atoms with Crippen LogP contribution < -0.4 is 5.32 Å². The number of rotatable bonds is 7. The minimum Gasteiger partial charge on any atom is -0.462 e. The molecule has 198 valence electrons. The quantitative estimate of drug-likeness (QED) is 0.134. The number of nitro groups is 1. The summed E-state index contributed by atoms with van der Waals surface area (Å²) in [4.78, 5) is 24.7. The van der Waals surface area contributed by atoms with E-state index in [-0.39, 0.29) is 51.0 Å². The first-order valence-corrected chi connectivity index (χ1v) is 14.3. The van der Waals surface area contributed by atoms with Crippen molar-refractivity contribution in [3.63, 3.8) is 0 Å². The summed E-state index contributed by atoms with van der Waals surface area (Å²) in [6, 6.07) is 20.2. The Balaban J connectivity index is 1.51. The van der Waals surface area contributed by atoms with Crippen LogP contribution in [-0.2, 0) is 4.74 Å². The highest BCUT2D eigenvalue weighted by atomic mass is 35.5. The second-order valence-corrected chi connectivity index (χ2v) is 12.4. The third kappa shape index (κ3) is 5.37. The largest absolute Gasteiger partial charge is 0.462 e. The Morgan fingerprint density at radius 2 is 1.89 bits per heavy atom. The number of para-hydroxylation sites is 1. The van der Waals surface area contributed by atoms with E-state index in [0.29, 0.717) is 22.1 Å². The lowest BCUT2D eigenvalue weighted by atomic mass is 9.77.